The van der Waals surface area contributed by atoms with Crippen molar-refractivity contribution in [3.05, 3.63) is 6.33 Å². The van der Waals surface area contributed by atoms with Crippen LogP contribution in [0.5, 0.6) is 0 Å². The van der Waals surface area contributed by atoms with Gasteiger partial charge in [-0.3, -0.25) is 10.1 Å². The second-order valence-electron chi connectivity index (χ2n) is 2.09. The molecule has 0 atom stereocenters. The van der Waals surface area contributed by atoms with Crippen LogP contribution in [0, 0.1) is 11.8 Å². The number of aryl methyl sites for hydroxylation is 1. The predicted octanol–water partition coefficient (Wildman–Crippen LogP) is -0.223. The molecule has 5 nitrogen and oxygen atoms in total. The summed E-state index contributed by atoms with van der Waals surface area (Å²) in [6, 6.07) is 0. The Labute approximate surface area is 69.8 Å². The number of amides is 1. The van der Waals surface area contributed by atoms with E-state index in [0.717, 1.165) is 0 Å². The summed E-state index contributed by atoms with van der Waals surface area (Å²) in [7, 11) is 1.73. The number of nitrogens with one attached hydrogen (secondary N) is 1. The van der Waals surface area contributed by atoms with Crippen LogP contribution in [0.3, 0.4) is 0 Å². The van der Waals surface area contributed by atoms with E-state index in [4.69, 9.17) is 0 Å². The van der Waals surface area contributed by atoms with E-state index in [-0.39, 0.29) is 5.91 Å². The zero-order valence-corrected chi connectivity index (χ0v) is 6.83. The molecule has 0 fully saturated rings. The first-order valence-electron chi connectivity index (χ1n) is 3.31. The maximum absolute atomic E-state index is 10.9. The van der Waals surface area contributed by atoms with E-state index in [1.807, 2.05) is 0 Å². The molecule has 0 radical (unpaired) electrons. The number of hydrogen-bond acceptors (Lipinski definition) is 3. The van der Waals surface area contributed by atoms with Crippen molar-refractivity contribution in [3.63, 3.8) is 0 Å². The van der Waals surface area contributed by atoms with E-state index in [1.54, 1.807) is 18.5 Å². The highest BCUT2D eigenvalue weighted by Gasteiger charge is 2.02. The highest BCUT2D eigenvalue weighted by molar-refractivity contribution is 6.02. The number of carbonyl (C=O) groups excluding carboxylic acids is 1. The van der Waals surface area contributed by atoms with Crippen LogP contribution < -0.4 is 5.32 Å². The van der Waals surface area contributed by atoms with Crippen LogP contribution in [-0.4, -0.2) is 20.7 Å². The molecule has 1 rings (SSSR count). The maximum Gasteiger partial charge on any atom is 0.302 e. The maximum atomic E-state index is 10.9. The van der Waals surface area contributed by atoms with Gasteiger partial charge in [-0.1, -0.05) is 5.92 Å². The van der Waals surface area contributed by atoms with Crippen molar-refractivity contribution in [2.75, 3.05) is 5.32 Å². The quantitative estimate of drug-likeness (QED) is 0.583. The van der Waals surface area contributed by atoms with E-state index >= 15 is 0 Å². The fourth-order valence-corrected chi connectivity index (χ4v) is 0.643. The Bertz CT molecular complexity index is 344. The molecular formula is C7H8N4O. The Hall–Kier alpha value is -1.83. The summed E-state index contributed by atoms with van der Waals surface area (Å²) in [6.45, 7) is 1.59. The van der Waals surface area contributed by atoms with Crippen molar-refractivity contribution in [2.45, 2.75) is 6.92 Å². The Kier molecular flexibility index (Phi) is 2.43. The summed E-state index contributed by atoms with van der Waals surface area (Å²) in [5, 5.41) is 9.70. The zero-order valence-electron chi connectivity index (χ0n) is 6.83. The molecule has 0 saturated carbocycles. The van der Waals surface area contributed by atoms with Gasteiger partial charge in [0, 0.05) is 7.05 Å². The number of anilines is 1. The van der Waals surface area contributed by atoms with E-state index in [9.17, 15) is 4.79 Å². The third-order valence-electron chi connectivity index (χ3n) is 1.18. The molecule has 5 heteroatoms. The van der Waals surface area contributed by atoms with Gasteiger partial charge < -0.3 is 4.57 Å². The van der Waals surface area contributed by atoms with Gasteiger partial charge in [-0.25, -0.2) is 0 Å². The minimum absolute atomic E-state index is 0.381. The largest absolute Gasteiger partial charge is 0.303 e. The van der Waals surface area contributed by atoms with Crippen molar-refractivity contribution in [1.29, 1.82) is 0 Å². The van der Waals surface area contributed by atoms with Gasteiger partial charge in [-0.05, 0) is 12.8 Å². The lowest BCUT2D eigenvalue weighted by molar-refractivity contribution is -0.111. The van der Waals surface area contributed by atoms with Gasteiger partial charge in [0.15, 0.2) is 0 Å². The average Bonchev–Trinajstić information content (AvgIpc) is 2.37. The summed E-state index contributed by atoms with van der Waals surface area (Å²) in [5.41, 5.74) is 0. The molecule has 0 aliphatic carbocycles. The SMILES string of the molecule is CC#CC(=O)Nc1nncn1C. The van der Waals surface area contributed by atoms with Crippen LogP contribution in [0.1, 0.15) is 6.92 Å². The summed E-state index contributed by atoms with van der Waals surface area (Å²) < 4.78 is 1.59. The van der Waals surface area contributed by atoms with E-state index < -0.39 is 0 Å². The van der Waals surface area contributed by atoms with Gasteiger partial charge in [0.1, 0.15) is 6.33 Å². The molecule has 1 aromatic heterocycles. The molecular weight excluding hydrogens is 156 g/mol. The second kappa shape index (κ2) is 3.53. The van der Waals surface area contributed by atoms with Gasteiger partial charge in [0.2, 0.25) is 5.95 Å². The molecule has 0 aromatic carbocycles. The van der Waals surface area contributed by atoms with Crippen LogP contribution >= 0.6 is 0 Å². The monoisotopic (exact) mass is 164 g/mol. The van der Waals surface area contributed by atoms with E-state index in [2.05, 4.69) is 27.4 Å². The van der Waals surface area contributed by atoms with Gasteiger partial charge in [-0.15, -0.1) is 10.2 Å². The molecule has 0 bridgehead atoms. The van der Waals surface area contributed by atoms with Gasteiger partial charge in [-0.2, -0.15) is 0 Å². The molecule has 0 saturated heterocycles. The predicted molar refractivity (Wildman–Crippen MR) is 43.1 cm³/mol. The summed E-state index contributed by atoms with van der Waals surface area (Å²) in [4.78, 5) is 10.9. The van der Waals surface area contributed by atoms with Crippen LogP contribution in [0.2, 0.25) is 0 Å². The van der Waals surface area contributed by atoms with Crippen LogP contribution in [-0.2, 0) is 11.8 Å². The molecule has 0 spiro atoms. The summed E-state index contributed by atoms with van der Waals surface area (Å²) in [5.74, 6) is 4.82. The molecule has 1 heterocycles. The Morgan fingerprint density at radius 3 is 3.00 bits per heavy atom. The number of nitrogens with zero attached hydrogens (tertiary/aromatic N) is 3. The minimum atomic E-state index is -0.381. The lowest BCUT2D eigenvalue weighted by Crippen LogP contribution is -2.12. The number of carbonyl (C=O) groups is 1. The van der Waals surface area contributed by atoms with Crippen molar-refractivity contribution >= 4 is 11.9 Å². The lowest BCUT2D eigenvalue weighted by Gasteiger charge is -1.96. The first-order valence-corrected chi connectivity index (χ1v) is 3.31. The van der Waals surface area contributed by atoms with Crippen LogP contribution in [0.25, 0.3) is 0 Å². The lowest BCUT2D eigenvalue weighted by atomic mass is 10.5. The normalized spacial score (nSPS) is 8.50. The van der Waals surface area contributed by atoms with Crippen molar-refractivity contribution in [2.24, 2.45) is 7.05 Å². The second-order valence-corrected chi connectivity index (χ2v) is 2.09. The number of hydrogen-bond donors (Lipinski definition) is 1. The van der Waals surface area contributed by atoms with Crippen molar-refractivity contribution in [3.8, 4) is 11.8 Å². The molecule has 0 aliphatic rings. The van der Waals surface area contributed by atoms with Crippen molar-refractivity contribution < 1.29 is 4.79 Å². The number of aromatic nitrogens is 3. The first kappa shape index (κ1) is 8.27. The molecule has 62 valence electrons. The van der Waals surface area contributed by atoms with Gasteiger partial charge in [0.25, 0.3) is 0 Å². The molecule has 12 heavy (non-hydrogen) atoms. The Morgan fingerprint density at radius 2 is 2.50 bits per heavy atom. The zero-order chi connectivity index (χ0) is 8.97. The molecule has 1 amide bonds. The van der Waals surface area contributed by atoms with E-state index in [0.29, 0.717) is 5.95 Å². The molecule has 1 aromatic rings. The van der Waals surface area contributed by atoms with Crippen LogP contribution in [0.4, 0.5) is 5.95 Å². The third-order valence-corrected chi connectivity index (χ3v) is 1.18. The highest BCUT2D eigenvalue weighted by Crippen LogP contribution is 1.96. The summed E-state index contributed by atoms with van der Waals surface area (Å²) in [6.07, 6.45) is 1.50. The Morgan fingerprint density at radius 1 is 1.75 bits per heavy atom. The minimum Gasteiger partial charge on any atom is -0.303 e. The fourth-order valence-electron chi connectivity index (χ4n) is 0.643. The number of rotatable bonds is 1. The standard InChI is InChI=1S/C7H8N4O/c1-3-4-6(12)9-7-10-8-5-11(7)2/h5H,1-2H3,(H,9,10,12). The van der Waals surface area contributed by atoms with Crippen molar-refractivity contribution in [1.82, 2.24) is 14.8 Å². The average molecular weight is 164 g/mol. The first-order chi connectivity index (χ1) is 5.74. The molecule has 0 aliphatic heterocycles. The van der Waals surface area contributed by atoms with Gasteiger partial charge in [0.05, 0.1) is 0 Å². The molecule has 1 N–H and O–H groups in total. The third kappa shape index (κ3) is 1.83. The topological polar surface area (TPSA) is 59.8 Å². The highest BCUT2D eigenvalue weighted by atomic mass is 16.1. The smallest absolute Gasteiger partial charge is 0.302 e. The fraction of sp³-hybridized carbons (Fsp3) is 0.286. The van der Waals surface area contributed by atoms with Crippen LogP contribution in [0.15, 0.2) is 6.33 Å². The van der Waals surface area contributed by atoms with Gasteiger partial charge >= 0.3 is 5.91 Å². The van der Waals surface area contributed by atoms with E-state index in [1.165, 1.54) is 6.33 Å². The summed E-state index contributed by atoms with van der Waals surface area (Å²) >= 11 is 0. The molecule has 0 unspecified atom stereocenters. The Balaban J connectivity index is 2.68.